The van der Waals surface area contributed by atoms with Gasteiger partial charge in [-0.15, -0.1) is 0 Å². The van der Waals surface area contributed by atoms with E-state index in [1.165, 1.54) is 53.3 Å². The van der Waals surface area contributed by atoms with Crippen LogP contribution in [0.3, 0.4) is 0 Å². The molecule has 150 valence electrons. The predicted octanol–water partition coefficient (Wildman–Crippen LogP) is 4.45. The van der Waals surface area contributed by atoms with E-state index in [0.29, 0.717) is 0 Å². The summed E-state index contributed by atoms with van der Waals surface area (Å²) in [6.07, 6.45) is 0. The molecule has 0 aromatic heterocycles. The topological polar surface area (TPSA) is 20.2 Å². The number of hydrogen-bond donors (Lipinski definition) is 1. The Morgan fingerprint density at radius 2 is 0.692 bits per heavy atom. The second kappa shape index (κ2) is 17.2. The fourth-order valence-corrected chi connectivity index (χ4v) is 2.94. The third-order valence-corrected chi connectivity index (χ3v) is 5.56. The van der Waals surface area contributed by atoms with Gasteiger partial charge in [0.2, 0.25) is 0 Å². The Morgan fingerprint density at radius 1 is 0.538 bits per heavy atom. The summed E-state index contributed by atoms with van der Waals surface area (Å²) in [6.45, 7) is 19.5. The van der Waals surface area contributed by atoms with E-state index in [1.807, 2.05) is 0 Å². The molecule has 0 unspecified atom stereocenters. The Hall–Kier alpha value is 2.50. The van der Waals surface area contributed by atoms with E-state index in [1.54, 1.807) is 0 Å². The molecule has 0 amide bonds. The van der Waals surface area contributed by atoms with Crippen LogP contribution in [0.2, 0.25) is 0 Å². The van der Waals surface area contributed by atoms with Gasteiger partial charge in [0.1, 0.15) is 0 Å². The Balaban J connectivity index is -0.000000332. The maximum atomic E-state index is 9.04. The quantitative estimate of drug-likeness (QED) is 0.400. The van der Waals surface area contributed by atoms with Crippen LogP contribution in [-0.2, 0) is 16.3 Å². The number of halogens is 4. The number of aliphatic hydroxyl groups is 1. The van der Waals surface area contributed by atoms with Crippen LogP contribution in [0.5, 0.6) is 0 Å². The molecular weight excluding hydrogens is 677 g/mol. The molecule has 6 heteroatoms. The molecule has 1 nitrogen and oxygen atoms in total. The van der Waals surface area contributed by atoms with Crippen molar-refractivity contribution >= 4 is 41.9 Å². The fourth-order valence-electron chi connectivity index (χ4n) is 2.94. The third kappa shape index (κ3) is 8.70. The van der Waals surface area contributed by atoms with E-state index in [-0.39, 0.29) is 23.6 Å². The molecule has 0 spiro atoms. The van der Waals surface area contributed by atoms with Gasteiger partial charge < -0.3 is 22.1 Å². The van der Waals surface area contributed by atoms with Gasteiger partial charge in [0.15, 0.2) is 0 Å². The number of hydrogen-bond acceptors (Lipinski definition) is 1. The SMILES string of the molecule is BrBr.C[C]1[C](C)[C](C)[C](C)[C]1C.C[C]1[C](C)[C](C)[C](CO)[C]1C.[Br-].[Br][Ru+3]. The van der Waals surface area contributed by atoms with Crippen LogP contribution in [0.15, 0.2) is 0 Å². The Kier molecular flexibility index (Phi) is 21.9. The minimum atomic E-state index is 0. The molecule has 0 aliphatic heterocycles. The van der Waals surface area contributed by atoms with Gasteiger partial charge in [-0.1, -0.05) is 62.3 Å². The van der Waals surface area contributed by atoms with Crippen LogP contribution >= 0.6 is 41.9 Å². The summed E-state index contributed by atoms with van der Waals surface area (Å²) in [4.78, 5) is 0. The van der Waals surface area contributed by atoms with Crippen molar-refractivity contribution < 1.29 is 38.4 Å². The van der Waals surface area contributed by atoms with Crippen LogP contribution in [0.25, 0.3) is 0 Å². The second-order valence-corrected chi connectivity index (χ2v) is 6.26. The van der Waals surface area contributed by atoms with E-state index in [2.05, 4.69) is 121 Å². The van der Waals surface area contributed by atoms with Gasteiger partial charge in [-0.3, -0.25) is 0 Å². The zero-order valence-corrected chi connectivity index (χ0v) is 25.1. The van der Waals surface area contributed by atoms with E-state index in [9.17, 15) is 0 Å². The van der Waals surface area contributed by atoms with Gasteiger partial charge in [0, 0.05) is 34.2 Å². The molecule has 1 N–H and O–H groups in total. The van der Waals surface area contributed by atoms with E-state index in [0.717, 1.165) is 5.92 Å². The molecule has 10 radical (unpaired) electrons. The van der Waals surface area contributed by atoms with Gasteiger partial charge in [-0.05, 0) is 53.3 Å². The van der Waals surface area contributed by atoms with Crippen molar-refractivity contribution in [3.8, 4) is 0 Å². The van der Waals surface area contributed by atoms with Crippen LogP contribution in [0.1, 0.15) is 62.3 Å². The van der Waals surface area contributed by atoms with Crippen molar-refractivity contribution in [1.82, 2.24) is 0 Å². The zero-order valence-electron chi connectivity index (χ0n) is 17.0. The Labute approximate surface area is 206 Å². The zero-order chi connectivity index (χ0) is 20.5. The van der Waals surface area contributed by atoms with Crippen LogP contribution < -0.4 is 17.0 Å². The summed E-state index contributed by atoms with van der Waals surface area (Å²) in [5.41, 5.74) is 0. The number of rotatable bonds is 1. The van der Waals surface area contributed by atoms with Gasteiger partial charge in [-0.25, -0.2) is 0 Å². The van der Waals surface area contributed by atoms with Crippen LogP contribution in [-0.4, -0.2) is 11.7 Å². The molecule has 0 saturated heterocycles. The molecule has 0 atom stereocenters. The minimum absolute atomic E-state index is 0. The molecule has 2 fully saturated rings. The maximum absolute atomic E-state index is 9.04. The van der Waals surface area contributed by atoms with Crippen molar-refractivity contribution in [2.45, 2.75) is 62.3 Å². The summed E-state index contributed by atoms with van der Waals surface area (Å²) in [6, 6.07) is 0. The van der Waals surface area contributed by atoms with Crippen molar-refractivity contribution in [1.29, 1.82) is 0 Å². The fraction of sp³-hybridized carbons (Fsp3) is 0.500. The molecule has 0 heterocycles. The van der Waals surface area contributed by atoms with Gasteiger partial charge in [0.25, 0.3) is 0 Å². The average molecular weight is 707 g/mol. The second-order valence-electron chi connectivity index (χ2n) is 6.26. The van der Waals surface area contributed by atoms with Gasteiger partial charge >= 0.3 is 30.0 Å². The standard InChI is InChI=1S/C10H15O.C10H15.Br2.2BrH.Ru/c1-6-7(2)9(4)10(5-11)8(6)3;1-6-7(2)9(4)10(5)8(6)3;1-2;;;/h11H,5H2,1-4H3;1-5H3;;2*1H;/q;;;;;+4/p-2. The normalized spacial score (nSPS) is 22.8. The summed E-state index contributed by atoms with van der Waals surface area (Å²) in [5.74, 6) is 13.6. The number of aliphatic hydroxyl groups excluding tert-OH is 1. The summed E-state index contributed by atoms with van der Waals surface area (Å²) < 4.78 is 0. The molecule has 2 aliphatic rings. The first-order valence-electron chi connectivity index (χ1n) is 7.95. The molecule has 2 aliphatic carbocycles. The molecule has 0 aromatic rings. The van der Waals surface area contributed by atoms with Gasteiger partial charge in [0.05, 0.1) is 6.61 Å². The summed E-state index contributed by atoms with van der Waals surface area (Å²) in [7, 11) is 0. The van der Waals surface area contributed by atoms with E-state index >= 15 is 0 Å². The van der Waals surface area contributed by atoms with Crippen LogP contribution in [0.4, 0.5) is 0 Å². The van der Waals surface area contributed by atoms with Gasteiger partial charge in [-0.2, -0.15) is 0 Å². The van der Waals surface area contributed by atoms with E-state index in [4.69, 9.17) is 5.11 Å². The molecule has 2 rings (SSSR count). The third-order valence-electron chi connectivity index (χ3n) is 5.56. The summed E-state index contributed by atoms with van der Waals surface area (Å²) in [5, 5.41) is 9.04. The monoisotopic (exact) mass is 704 g/mol. The first-order valence-corrected chi connectivity index (χ1v) is 15.6. The molecule has 26 heavy (non-hydrogen) atoms. The van der Waals surface area contributed by atoms with Crippen molar-refractivity contribution in [2.24, 2.45) is 0 Å². The first-order chi connectivity index (χ1) is 11.6. The molecule has 0 aromatic carbocycles. The average Bonchev–Trinajstić information content (AvgIpc) is 2.94. The van der Waals surface area contributed by atoms with Crippen molar-refractivity contribution in [3.63, 3.8) is 0 Å². The summed E-state index contributed by atoms with van der Waals surface area (Å²) >= 11 is 10.5. The van der Waals surface area contributed by atoms with Crippen molar-refractivity contribution in [2.75, 3.05) is 6.61 Å². The predicted molar refractivity (Wildman–Crippen MR) is 117 cm³/mol. The van der Waals surface area contributed by atoms with Crippen molar-refractivity contribution in [3.05, 3.63) is 59.2 Å². The molecule has 2 saturated carbocycles. The van der Waals surface area contributed by atoms with Crippen LogP contribution in [0, 0.1) is 59.2 Å². The van der Waals surface area contributed by atoms with E-state index < -0.39 is 0 Å². The first kappa shape index (κ1) is 33.1. The Morgan fingerprint density at radius 3 is 0.808 bits per heavy atom. The molecule has 0 bridgehead atoms. The molecular formula is C20H30Br4ORu+2. The Bertz CT molecular complexity index is 276.